The second kappa shape index (κ2) is 9.52. The fourth-order valence-electron chi connectivity index (χ4n) is 1.90. The fraction of sp³-hybridized carbons (Fsp3) is 0.467. The third kappa shape index (κ3) is 7.24. The van der Waals surface area contributed by atoms with Crippen LogP contribution in [0.1, 0.15) is 24.8 Å². The summed E-state index contributed by atoms with van der Waals surface area (Å²) in [6, 6.07) is 7.65. The highest BCUT2D eigenvalue weighted by molar-refractivity contribution is 9.10. The van der Waals surface area contributed by atoms with Crippen molar-refractivity contribution in [3.8, 4) is 0 Å². The summed E-state index contributed by atoms with van der Waals surface area (Å²) in [5, 5.41) is 8.80. The fourth-order valence-corrected chi connectivity index (χ4v) is 2.35. The van der Waals surface area contributed by atoms with E-state index in [9.17, 15) is 9.59 Å². The van der Waals surface area contributed by atoms with Crippen molar-refractivity contribution >= 4 is 27.8 Å². The predicted octanol–water partition coefficient (Wildman–Crippen LogP) is 2.68. The Hall–Kier alpha value is -1.40. The molecule has 1 N–H and O–H groups in total. The average molecular weight is 358 g/mol. The number of amides is 1. The maximum atomic E-state index is 12.2. The van der Waals surface area contributed by atoms with E-state index in [-0.39, 0.29) is 18.9 Å². The van der Waals surface area contributed by atoms with Crippen molar-refractivity contribution in [2.75, 3.05) is 20.3 Å². The summed E-state index contributed by atoms with van der Waals surface area (Å²) in [5.74, 6) is -0.952. The summed E-state index contributed by atoms with van der Waals surface area (Å²) >= 11 is 3.39. The Balaban J connectivity index is 2.66. The molecule has 0 aliphatic heterocycles. The van der Waals surface area contributed by atoms with Gasteiger partial charge in [0.2, 0.25) is 5.91 Å². The summed E-state index contributed by atoms with van der Waals surface area (Å²) < 4.78 is 5.87. The minimum absolute atomic E-state index is 0.0479. The van der Waals surface area contributed by atoms with Crippen molar-refractivity contribution in [1.29, 1.82) is 0 Å². The van der Waals surface area contributed by atoms with E-state index >= 15 is 0 Å². The number of ether oxygens (including phenoxy) is 1. The van der Waals surface area contributed by atoms with E-state index in [1.165, 1.54) is 0 Å². The second-order valence-electron chi connectivity index (χ2n) is 4.69. The lowest BCUT2D eigenvalue weighted by molar-refractivity contribution is -0.138. The SMILES string of the molecule is COCCCC(=O)N(CCC(=O)O)Cc1cccc(Br)c1. The molecule has 0 spiro atoms. The van der Waals surface area contributed by atoms with Crippen LogP contribution in [0.2, 0.25) is 0 Å². The molecule has 0 aliphatic carbocycles. The van der Waals surface area contributed by atoms with Crippen molar-refractivity contribution in [3.05, 3.63) is 34.3 Å². The van der Waals surface area contributed by atoms with Crippen molar-refractivity contribution in [2.24, 2.45) is 0 Å². The zero-order chi connectivity index (χ0) is 15.7. The standard InChI is InChI=1S/C15H20BrNO4/c1-21-9-3-6-14(18)17(8-7-15(19)20)11-12-4-2-5-13(16)10-12/h2,4-5,10H,3,6-9,11H2,1H3,(H,19,20). The number of rotatable bonds is 9. The molecule has 0 fully saturated rings. The van der Waals surface area contributed by atoms with Gasteiger partial charge in [-0.2, -0.15) is 0 Å². The van der Waals surface area contributed by atoms with Crippen LogP contribution in [-0.4, -0.2) is 42.1 Å². The Morgan fingerprint density at radius 1 is 1.33 bits per heavy atom. The smallest absolute Gasteiger partial charge is 0.305 e. The molecule has 0 bridgehead atoms. The number of carbonyl (C=O) groups excluding carboxylic acids is 1. The molecule has 1 amide bonds. The summed E-state index contributed by atoms with van der Waals surface area (Å²) in [7, 11) is 1.59. The molecule has 6 heteroatoms. The van der Waals surface area contributed by atoms with Gasteiger partial charge < -0.3 is 14.7 Å². The normalized spacial score (nSPS) is 10.4. The van der Waals surface area contributed by atoms with Gasteiger partial charge in [-0.1, -0.05) is 28.1 Å². The Kier molecular flexibility index (Phi) is 8.00. The Morgan fingerprint density at radius 2 is 2.10 bits per heavy atom. The number of nitrogens with zero attached hydrogens (tertiary/aromatic N) is 1. The second-order valence-corrected chi connectivity index (χ2v) is 5.60. The molecule has 0 atom stereocenters. The molecule has 21 heavy (non-hydrogen) atoms. The number of methoxy groups -OCH3 is 1. The summed E-state index contributed by atoms with van der Waals surface area (Å²) in [6.07, 6.45) is 0.947. The number of carbonyl (C=O) groups is 2. The first-order valence-corrected chi connectivity index (χ1v) is 7.55. The summed E-state index contributed by atoms with van der Waals surface area (Å²) in [6.45, 7) is 1.15. The van der Waals surface area contributed by atoms with Gasteiger partial charge in [0.25, 0.3) is 0 Å². The van der Waals surface area contributed by atoms with Crippen LogP contribution in [0.3, 0.4) is 0 Å². The molecule has 0 heterocycles. The summed E-state index contributed by atoms with van der Waals surface area (Å²) in [5.41, 5.74) is 0.967. The van der Waals surface area contributed by atoms with Gasteiger partial charge in [0.05, 0.1) is 6.42 Å². The molecule has 5 nitrogen and oxygen atoms in total. The first-order valence-electron chi connectivity index (χ1n) is 6.76. The van der Waals surface area contributed by atoms with E-state index < -0.39 is 5.97 Å². The maximum absolute atomic E-state index is 12.2. The zero-order valence-corrected chi connectivity index (χ0v) is 13.6. The molecule has 1 aromatic carbocycles. The molecule has 0 radical (unpaired) electrons. The summed E-state index contributed by atoms with van der Waals surface area (Å²) in [4.78, 5) is 24.5. The molecule has 0 saturated heterocycles. The van der Waals surface area contributed by atoms with Crippen LogP contribution in [0.5, 0.6) is 0 Å². The topological polar surface area (TPSA) is 66.8 Å². The Bertz CT molecular complexity index is 478. The lowest BCUT2D eigenvalue weighted by Gasteiger charge is -2.22. The molecule has 0 aliphatic rings. The van der Waals surface area contributed by atoms with Crippen molar-refractivity contribution in [3.63, 3.8) is 0 Å². The van der Waals surface area contributed by atoms with Crippen molar-refractivity contribution in [2.45, 2.75) is 25.8 Å². The number of benzene rings is 1. The molecule has 0 saturated carbocycles. The van der Waals surface area contributed by atoms with Gasteiger partial charge in [0.15, 0.2) is 0 Å². The molecule has 1 rings (SSSR count). The van der Waals surface area contributed by atoms with Gasteiger partial charge in [-0.25, -0.2) is 0 Å². The van der Waals surface area contributed by atoms with Gasteiger partial charge in [-0.3, -0.25) is 9.59 Å². The van der Waals surface area contributed by atoms with Gasteiger partial charge in [-0.15, -0.1) is 0 Å². The van der Waals surface area contributed by atoms with E-state index in [0.29, 0.717) is 26.0 Å². The van der Waals surface area contributed by atoms with Crippen LogP contribution in [0, 0.1) is 0 Å². The Morgan fingerprint density at radius 3 is 2.71 bits per heavy atom. The molecule has 1 aromatic rings. The molecule has 0 unspecified atom stereocenters. The first-order chi connectivity index (χ1) is 10.0. The van der Waals surface area contributed by atoms with Crippen LogP contribution in [0.25, 0.3) is 0 Å². The number of carboxylic acid groups (broad SMARTS) is 1. The molecule has 0 aromatic heterocycles. The monoisotopic (exact) mass is 357 g/mol. The van der Waals surface area contributed by atoms with Crippen LogP contribution >= 0.6 is 15.9 Å². The number of carboxylic acids is 1. The minimum Gasteiger partial charge on any atom is -0.481 e. The maximum Gasteiger partial charge on any atom is 0.305 e. The highest BCUT2D eigenvalue weighted by atomic mass is 79.9. The van der Waals surface area contributed by atoms with Crippen LogP contribution in [0.4, 0.5) is 0 Å². The van der Waals surface area contributed by atoms with Gasteiger partial charge in [0.1, 0.15) is 0 Å². The van der Waals surface area contributed by atoms with Crippen LogP contribution in [0.15, 0.2) is 28.7 Å². The molecule has 116 valence electrons. The third-order valence-electron chi connectivity index (χ3n) is 2.95. The molecular formula is C15H20BrNO4. The zero-order valence-electron chi connectivity index (χ0n) is 12.0. The third-order valence-corrected chi connectivity index (χ3v) is 3.44. The van der Waals surface area contributed by atoms with E-state index in [0.717, 1.165) is 10.0 Å². The number of hydrogen-bond donors (Lipinski definition) is 1. The average Bonchev–Trinajstić information content (AvgIpc) is 2.43. The van der Waals surface area contributed by atoms with Gasteiger partial charge >= 0.3 is 5.97 Å². The van der Waals surface area contributed by atoms with E-state index in [4.69, 9.17) is 9.84 Å². The number of halogens is 1. The first kappa shape index (κ1) is 17.7. The van der Waals surface area contributed by atoms with E-state index in [1.807, 2.05) is 24.3 Å². The molecular weight excluding hydrogens is 338 g/mol. The highest BCUT2D eigenvalue weighted by Crippen LogP contribution is 2.14. The predicted molar refractivity (Wildman–Crippen MR) is 82.9 cm³/mol. The van der Waals surface area contributed by atoms with Crippen molar-refractivity contribution < 1.29 is 19.4 Å². The van der Waals surface area contributed by atoms with E-state index in [2.05, 4.69) is 15.9 Å². The largest absolute Gasteiger partial charge is 0.481 e. The lowest BCUT2D eigenvalue weighted by Crippen LogP contribution is -2.32. The van der Waals surface area contributed by atoms with Crippen LogP contribution < -0.4 is 0 Å². The van der Waals surface area contributed by atoms with Crippen molar-refractivity contribution in [1.82, 2.24) is 4.90 Å². The highest BCUT2D eigenvalue weighted by Gasteiger charge is 2.15. The number of aliphatic carboxylic acids is 1. The van der Waals surface area contributed by atoms with Gasteiger partial charge in [0, 0.05) is 37.7 Å². The van der Waals surface area contributed by atoms with Crippen LogP contribution in [-0.2, 0) is 20.9 Å². The Labute approximate surface area is 133 Å². The van der Waals surface area contributed by atoms with Gasteiger partial charge in [-0.05, 0) is 24.1 Å². The van der Waals surface area contributed by atoms with E-state index in [1.54, 1.807) is 12.0 Å². The number of hydrogen-bond acceptors (Lipinski definition) is 3. The lowest BCUT2D eigenvalue weighted by atomic mass is 10.2. The minimum atomic E-state index is -0.904. The quantitative estimate of drug-likeness (QED) is 0.690.